The van der Waals surface area contributed by atoms with Crippen molar-refractivity contribution >= 4 is 16.7 Å². The van der Waals surface area contributed by atoms with Gasteiger partial charge in [0, 0.05) is 19.4 Å². The maximum absolute atomic E-state index is 12.9. The highest BCUT2D eigenvalue weighted by molar-refractivity contribution is 5.81. The van der Waals surface area contributed by atoms with Crippen molar-refractivity contribution in [1.82, 2.24) is 24.6 Å². The highest BCUT2D eigenvalue weighted by Gasteiger charge is 2.22. The third kappa shape index (κ3) is 3.97. The number of rotatable bonds is 6. The topological polar surface area (TPSA) is 111 Å². The number of imidazole rings is 1. The first-order valence-corrected chi connectivity index (χ1v) is 9.60. The molecule has 1 atom stereocenters. The van der Waals surface area contributed by atoms with E-state index < -0.39 is 23.1 Å². The molecule has 0 bridgehead atoms. The molecule has 0 aliphatic rings. The molecule has 0 saturated carbocycles. The molecular formula is C22H21N5O4. The molecule has 1 unspecified atom stereocenters. The van der Waals surface area contributed by atoms with Crippen molar-refractivity contribution in [2.45, 2.75) is 12.6 Å². The van der Waals surface area contributed by atoms with Crippen LogP contribution in [-0.4, -0.2) is 32.3 Å². The molecule has 0 aliphatic heterocycles. The number of hydrogen-bond donors (Lipinski definition) is 2. The summed E-state index contributed by atoms with van der Waals surface area (Å²) in [6.45, 7) is -0.343. The fraction of sp³-hybridized carbons (Fsp3) is 0.182. The average Bonchev–Trinajstić information content (AvgIpc) is 3.21. The smallest absolute Gasteiger partial charge is 0.273 e. The summed E-state index contributed by atoms with van der Waals surface area (Å²) >= 11 is 0. The van der Waals surface area contributed by atoms with Crippen molar-refractivity contribution < 1.29 is 9.53 Å². The largest absolute Gasteiger partial charge is 0.497 e. The van der Waals surface area contributed by atoms with Crippen LogP contribution in [0.3, 0.4) is 0 Å². The van der Waals surface area contributed by atoms with Crippen molar-refractivity contribution in [3.05, 3.63) is 93.0 Å². The number of aryl methyl sites for hydroxylation is 1. The number of aromatic amines is 1. The summed E-state index contributed by atoms with van der Waals surface area (Å²) in [6, 6.07) is 13.2. The third-order valence-corrected chi connectivity index (χ3v) is 5.03. The minimum atomic E-state index is -0.578. The van der Waals surface area contributed by atoms with Crippen molar-refractivity contribution in [1.29, 1.82) is 0 Å². The first-order valence-electron chi connectivity index (χ1n) is 9.60. The van der Waals surface area contributed by atoms with Gasteiger partial charge in [0.05, 0.1) is 17.9 Å². The number of nitrogens with one attached hydrogen (secondary N) is 2. The van der Waals surface area contributed by atoms with Gasteiger partial charge in [-0.25, -0.2) is 9.67 Å². The van der Waals surface area contributed by atoms with Crippen LogP contribution < -0.4 is 21.2 Å². The second-order valence-corrected chi connectivity index (χ2v) is 7.05. The van der Waals surface area contributed by atoms with E-state index in [4.69, 9.17) is 4.74 Å². The predicted octanol–water partition coefficient (Wildman–Crippen LogP) is 1.34. The Morgan fingerprint density at radius 1 is 1.16 bits per heavy atom. The standard InChI is InChI=1S/C22H21N5O4/c1-26-11-10-23-20(26)19(14-6-5-7-15(12-14)31-2)24-18(28)13-27-22(30)17-9-4-3-8-16(17)21(29)25-27/h3-12,19H,13H2,1-2H3,(H,24,28)(H,25,29). The van der Waals surface area contributed by atoms with Crippen LogP contribution in [0.5, 0.6) is 5.75 Å². The number of H-pyrrole nitrogens is 1. The van der Waals surface area contributed by atoms with Gasteiger partial charge in [0.1, 0.15) is 24.2 Å². The fourth-order valence-corrected chi connectivity index (χ4v) is 3.48. The zero-order chi connectivity index (χ0) is 22.0. The Labute approximate surface area is 176 Å². The maximum atomic E-state index is 12.9. The van der Waals surface area contributed by atoms with Gasteiger partial charge in [0.15, 0.2) is 0 Å². The Balaban J connectivity index is 1.67. The Morgan fingerprint density at radius 2 is 1.94 bits per heavy atom. The van der Waals surface area contributed by atoms with E-state index in [1.165, 1.54) is 0 Å². The lowest BCUT2D eigenvalue weighted by Crippen LogP contribution is -2.38. The molecule has 2 aromatic heterocycles. The molecule has 2 heterocycles. The molecule has 9 nitrogen and oxygen atoms in total. The van der Waals surface area contributed by atoms with Gasteiger partial charge in [-0.3, -0.25) is 19.5 Å². The summed E-state index contributed by atoms with van der Waals surface area (Å²) in [5.74, 6) is 0.797. The minimum absolute atomic E-state index is 0.257. The van der Waals surface area contributed by atoms with E-state index in [1.54, 1.807) is 54.4 Å². The monoisotopic (exact) mass is 419 g/mol. The molecule has 0 radical (unpaired) electrons. The average molecular weight is 419 g/mol. The molecule has 0 saturated heterocycles. The number of benzene rings is 2. The van der Waals surface area contributed by atoms with Gasteiger partial charge in [0.2, 0.25) is 5.91 Å². The van der Waals surface area contributed by atoms with Gasteiger partial charge in [-0.1, -0.05) is 24.3 Å². The van der Waals surface area contributed by atoms with Gasteiger partial charge < -0.3 is 14.6 Å². The number of nitrogens with zero attached hydrogens (tertiary/aromatic N) is 3. The molecule has 31 heavy (non-hydrogen) atoms. The van der Waals surface area contributed by atoms with Crippen molar-refractivity contribution in [2.24, 2.45) is 7.05 Å². The number of amides is 1. The van der Waals surface area contributed by atoms with E-state index in [0.717, 1.165) is 10.2 Å². The Hall–Kier alpha value is -4.14. The van der Waals surface area contributed by atoms with Crippen LogP contribution in [0.2, 0.25) is 0 Å². The first-order chi connectivity index (χ1) is 15.0. The zero-order valence-electron chi connectivity index (χ0n) is 17.0. The fourth-order valence-electron chi connectivity index (χ4n) is 3.48. The number of fused-ring (bicyclic) bond motifs is 1. The van der Waals surface area contributed by atoms with E-state index in [9.17, 15) is 14.4 Å². The Morgan fingerprint density at radius 3 is 2.65 bits per heavy atom. The van der Waals surface area contributed by atoms with Crippen molar-refractivity contribution in [2.75, 3.05) is 7.11 Å². The summed E-state index contributed by atoms with van der Waals surface area (Å²) in [5, 5.41) is 5.93. The highest BCUT2D eigenvalue weighted by atomic mass is 16.5. The molecule has 4 rings (SSSR count). The molecule has 1 amide bonds. The molecule has 2 aromatic carbocycles. The quantitative estimate of drug-likeness (QED) is 0.490. The van der Waals surface area contributed by atoms with Gasteiger partial charge >= 0.3 is 0 Å². The van der Waals surface area contributed by atoms with Gasteiger partial charge in [-0.15, -0.1) is 0 Å². The highest BCUT2D eigenvalue weighted by Crippen LogP contribution is 2.24. The Kier molecular flexibility index (Phi) is 5.40. The molecule has 158 valence electrons. The van der Waals surface area contributed by atoms with Crippen molar-refractivity contribution in [3.63, 3.8) is 0 Å². The third-order valence-electron chi connectivity index (χ3n) is 5.03. The molecule has 9 heteroatoms. The van der Waals surface area contributed by atoms with E-state index in [-0.39, 0.29) is 17.3 Å². The normalized spacial score (nSPS) is 11.9. The Bertz CT molecular complexity index is 1370. The van der Waals surface area contributed by atoms with Crippen LogP contribution in [0.4, 0.5) is 0 Å². The van der Waals surface area contributed by atoms with Crippen molar-refractivity contribution in [3.8, 4) is 5.75 Å². The van der Waals surface area contributed by atoms with Gasteiger partial charge in [0.25, 0.3) is 11.1 Å². The van der Waals surface area contributed by atoms with E-state index in [0.29, 0.717) is 11.6 Å². The van der Waals surface area contributed by atoms with Crippen LogP contribution in [-0.2, 0) is 18.4 Å². The van der Waals surface area contributed by atoms with Gasteiger partial charge in [-0.2, -0.15) is 0 Å². The molecule has 0 aliphatic carbocycles. The lowest BCUT2D eigenvalue weighted by molar-refractivity contribution is -0.122. The number of carbonyl (C=O) groups is 1. The molecule has 4 aromatic rings. The van der Waals surface area contributed by atoms with Crippen LogP contribution in [0.1, 0.15) is 17.4 Å². The lowest BCUT2D eigenvalue weighted by atomic mass is 10.1. The summed E-state index contributed by atoms with van der Waals surface area (Å²) in [7, 11) is 3.39. The van der Waals surface area contributed by atoms with E-state index in [2.05, 4.69) is 15.4 Å². The van der Waals surface area contributed by atoms with E-state index in [1.807, 2.05) is 25.2 Å². The molecule has 0 fully saturated rings. The summed E-state index contributed by atoms with van der Waals surface area (Å²) < 4.78 is 8.11. The zero-order valence-corrected chi connectivity index (χ0v) is 17.0. The predicted molar refractivity (Wildman–Crippen MR) is 115 cm³/mol. The number of hydrogen-bond acceptors (Lipinski definition) is 5. The van der Waals surface area contributed by atoms with Gasteiger partial charge in [-0.05, 0) is 29.8 Å². The maximum Gasteiger partial charge on any atom is 0.273 e. The molecule has 2 N–H and O–H groups in total. The van der Waals surface area contributed by atoms with E-state index >= 15 is 0 Å². The second kappa shape index (κ2) is 8.31. The van der Waals surface area contributed by atoms with Crippen LogP contribution in [0, 0.1) is 0 Å². The van der Waals surface area contributed by atoms with Crippen LogP contribution in [0.15, 0.2) is 70.5 Å². The minimum Gasteiger partial charge on any atom is -0.497 e. The second-order valence-electron chi connectivity index (χ2n) is 7.05. The first kappa shape index (κ1) is 20.1. The SMILES string of the molecule is COc1cccc(C(NC(=O)Cn2[nH]c(=O)c3ccccc3c2=O)c2nccn2C)c1. The summed E-state index contributed by atoms with van der Waals surface area (Å²) in [5.41, 5.74) is -0.113. The number of carbonyl (C=O) groups excluding carboxylic acids is 1. The number of aromatic nitrogens is 4. The lowest BCUT2D eigenvalue weighted by Gasteiger charge is -2.20. The number of methoxy groups -OCH3 is 1. The molecular weight excluding hydrogens is 398 g/mol. The molecule has 0 spiro atoms. The number of ether oxygens (including phenoxy) is 1. The van der Waals surface area contributed by atoms with Crippen LogP contribution in [0.25, 0.3) is 10.8 Å². The van der Waals surface area contributed by atoms with Crippen LogP contribution >= 0.6 is 0 Å². The summed E-state index contributed by atoms with van der Waals surface area (Å²) in [6.07, 6.45) is 3.42. The summed E-state index contributed by atoms with van der Waals surface area (Å²) in [4.78, 5) is 42.3.